The normalized spacial score (nSPS) is 10.6. The predicted octanol–water partition coefficient (Wildman–Crippen LogP) is 2.85. The number of ether oxygens (including phenoxy) is 1. The van der Waals surface area contributed by atoms with Gasteiger partial charge in [0, 0.05) is 11.0 Å². The van der Waals surface area contributed by atoms with Crippen molar-refractivity contribution in [3.05, 3.63) is 35.4 Å². The van der Waals surface area contributed by atoms with Gasteiger partial charge in [-0.3, -0.25) is 0 Å². The number of hydrogen-bond acceptors (Lipinski definition) is 3. The molecular formula is C12H14BrNO2. The van der Waals surface area contributed by atoms with Gasteiger partial charge in [0.1, 0.15) is 0 Å². The maximum atomic E-state index is 11.2. The highest BCUT2D eigenvalue weighted by molar-refractivity contribution is 9.09. The van der Waals surface area contributed by atoms with Crippen LogP contribution in [0.5, 0.6) is 0 Å². The van der Waals surface area contributed by atoms with Crippen LogP contribution in [0.1, 0.15) is 22.3 Å². The summed E-state index contributed by atoms with van der Waals surface area (Å²) in [5.74, 6) is -0.373. The lowest BCUT2D eigenvalue weighted by molar-refractivity contribution is 0.0601. The summed E-state index contributed by atoms with van der Waals surface area (Å²) >= 11 is 3.34. The second-order valence-corrected chi connectivity index (χ2v) is 4.01. The Kier molecular flexibility index (Phi) is 5.05. The SMILES string of the molecule is COC(=O)c1ccc(C=CCCBr)c(N)c1. The van der Waals surface area contributed by atoms with Gasteiger partial charge in [0.15, 0.2) is 0 Å². The van der Waals surface area contributed by atoms with Crippen molar-refractivity contribution in [3.63, 3.8) is 0 Å². The molecule has 0 unspecified atom stereocenters. The highest BCUT2D eigenvalue weighted by atomic mass is 79.9. The molecule has 1 rings (SSSR count). The molecule has 0 heterocycles. The summed E-state index contributed by atoms with van der Waals surface area (Å²) in [6.07, 6.45) is 4.91. The summed E-state index contributed by atoms with van der Waals surface area (Å²) in [6, 6.07) is 5.14. The maximum absolute atomic E-state index is 11.2. The Morgan fingerprint density at radius 1 is 1.56 bits per heavy atom. The van der Waals surface area contributed by atoms with Gasteiger partial charge in [-0.1, -0.05) is 34.1 Å². The number of allylic oxidation sites excluding steroid dienone is 1. The molecule has 0 bridgehead atoms. The molecule has 16 heavy (non-hydrogen) atoms. The van der Waals surface area contributed by atoms with Crippen molar-refractivity contribution in [2.75, 3.05) is 18.2 Å². The molecule has 0 spiro atoms. The predicted molar refractivity (Wildman–Crippen MR) is 69.6 cm³/mol. The number of hydrogen-bond donors (Lipinski definition) is 1. The number of nitrogens with two attached hydrogens (primary N) is 1. The molecule has 4 heteroatoms. The average molecular weight is 284 g/mol. The minimum atomic E-state index is -0.373. The van der Waals surface area contributed by atoms with Crippen molar-refractivity contribution in [1.29, 1.82) is 0 Å². The van der Waals surface area contributed by atoms with Gasteiger partial charge in [-0.25, -0.2) is 4.79 Å². The Labute approximate surface area is 103 Å². The third-order valence-corrected chi connectivity index (χ3v) is 2.54. The second-order valence-electron chi connectivity index (χ2n) is 3.22. The van der Waals surface area contributed by atoms with Crippen LogP contribution in [-0.4, -0.2) is 18.4 Å². The highest BCUT2D eigenvalue weighted by Gasteiger charge is 2.06. The van der Waals surface area contributed by atoms with Crippen LogP contribution in [0.25, 0.3) is 6.08 Å². The van der Waals surface area contributed by atoms with E-state index in [0.717, 1.165) is 17.3 Å². The van der Waals surface area contributed by atoms with Crippen LogP contribution >= 0.6 is 15.9 Å². The lowest BCUT2D eigenvalue weighted by Gasteiger charge is -2.03. The Balaban J connectivity index is 2.87. The van der Waals surface area contributed by atoms with Crippen molar-refractivity contribution < 1.29 is 9.53 Å². The van der Waals surface area contributed by atoms with Gasteiger partial charge in [0.25, 0.3) is 0 Å². The zero-order valence-corrected chi connectivity index (χ0v) is 10.7. The zero-order valence-electron chi connectivity index (χ0n) is 9.07. The summed E-state index contributed by atoms with van der Waals surface area (Å²) in [4.78, 5) is 11.2. The molecule has 0 amide bonds. The van der Waals surface area contributed by atoms with Crippen LogP contribution in [0.2, 0.25) is 0 Å². The monoisotopic (exact) mass is 283 g/mol. The van der Waals surface area contributed by atoms with Crippen molar-refractivity contribution in [2.45, 2.75) is 6.42 Å². The molecule has 2 N–H and O–H groups in total. The first-order valence-electron chi connectivity index (χ1n) is 4.89. The summed E-state index contributed by atoms with van der Waals surface area (Å²) in [5, 5.41) is 0.920. The van der Waals surface area contributed by atoms with E-state index in [1.165, 1.54) is 7.11 Å². The first kappa shape index (κ1) is 12.8. The van der Waals surface area contributed by atoms with Crippen LogP contribution in [0, 0.1) is 0 Å². The number of esters is 1. The van der Waals surface area contributed by atoms with Gasteiger partial charge in [0.2, 0.25) is 0 Å². The van der Waals surface area contributed by atoms with Gasteiger partial charge in [-0.05, 0) is 24.1 Å². The number of halogens is 1. The standard InChI is InChI=1S/C12H14BrNO2/c1-16-12(15)10-6-5-9(11(14)8-10)4-2-3-7-13/h2,4-6,8H,3,7,14H2,1H3. The van der Waals surface area contributed by atoms with Crippen molar-refractivity contribution >= 4 is 33.7 Å². The summed E-state index contributed by atoms with van der Waals surface area (Å²) in [5.41, 5.74) is 7.78. The molecular weight excluding hydrogens is 270 g/mol. The third-order valence-electron chi connectivity index (χ3n) is 2.08. The van der Waals surface area contributed by atoms with Crippen LogP contribution in [0.15, 0.2) is 24.3 Å². The summed E-state index contributed by atoms with van der Waals surface area (Å²) in [7, 11) is 1.35. The molecule has 3 nitrogen and oxygen atoms in total. The van der Waals surface area contributed by atoms with Crippen LogP contribution < -0.4 is 5.73 Å². The van der Waals surface area contributed by atoms with Gasteiger partial charge in [-0.2, -0.15) is 0 Å². The fraction of sp³-hybridized carbons (Fsp3) is 0.250. The Bertz CT molecular complexity index is 402. The fourth-order valence-electron chi connectivity index (χ4n) is 1.24. The lowest BCUT2D eigenvalue weighted by Crippen LogP contribution is -2.02. The molecule has 0 radical (unpaired) electrons. The lowest BCUT2D eigenvalue weighted by atomic mass is 10.1. The van der Waals surface area contributed by atoms with E-state index in [-0.39, 0.29) is 5.97 Å². The molecule has 0 aromatic heterocycles. The topological polar surface area (TPSA) is 52.3 Å². The number of rotatable bonds is 4. The number of methoxy groups -OCH3 is 1. The van der Waals surface area contributed by atoms with Crippen molar-refractivity contribution in [2.24, 2.45) is 0 Å². The minimum Gasteiger partial charge on any atom is -0.465 e. The van der Waals surface area contributed by atoms with Gasteiger partial charge >= 0.3 is 5.97 Å². The Hall–Kier alpha value is -1.29. The fourth-order valence-corrected chi connectivity index (χ4v) is 1.51. The summed E-state index contributed by atoms with van der Waals surface area (Å²) in [6.45, 7) is 0. The molecule has 0 aliphatic heterocycles. The molecule has 0 aliphatic carbocycles. The van der Waals surface area contributed by atoms with Crippen LogP contribution in [-0.2, 0) is 4.74 Å². The van der Waals surface area contributed by atoms with Crippen molar-refractivity contribution in [3.8, 4) is 0 Å². The van der Waals surface area contributed by atoms with Gasteiger partial charge in [0.05, 0.1) is 12.7 Å². The van der Waals surface area contributed by atoms with Gasteiger partial charge < -0.3 is 10.5 Å². The number of nitrogen functional groups attached to an aromatic ring is 1. The third kappa shape index (κ3) is 3.38. The average Bonchev–Trinajstić information content (AvgIpc) is 2.30. The number of carbonyl (C=O) groups excluding carboxylic acids is 1. The Morgan fingerprint density at radius 3 is 2.88 bits per heavy atom. The van der Waals surface area contributed by atoms with Crippen molar-refractivity contribution in [1.82, 2.24) is 0 Å². The molecule has 0 aliphatic rings. The van der Waals surface area contributed by atoms with E-state index >= 15 is 0 Å². The molecule has 0 saturated heterocycles. The molecule has 0 fully saturated rings. The number of alkyl halides is 1. The van der Waals surface area contributed by atoms with Crippen LogP contribution in [0.4, 0.5) is 5.69 Å². The highest BCUT2D eigenvalue weighted by Crippen LogP contribution is 2.16. The van der Waals surface area contributed by atoms with E-state index in [0.29, 0.717) is 11.3 Å². The second kappa shape index (κ2) is 6.33. The van der Waals surface area contributed by atoms with E-state index in [2.05, 4.69) is 20.7 Å². The van der Waals surface area contributed by atoms with Gasteiger partial charge in [-0.15, -0.1) is 0 Å². The zero-order chi connectivity index (χ0) is 12.0. The summed E-state index contributed by atoms with van der Waals surface area (Å²) < 4.78 is 4.61. The van der Waals surface area contributed by atoms with Crippen LogP contribution in [0.3, 0.4) is 0 Å². The maximum Gasteiger partial charge on any atom is 0.337 e. The molecule has 1 aromatic rings. The largest absolute Gasteiger partial charge is 0.465 e. The first-order chi connectivity index (χ1) is 7.69. The molecule has 0 atom stereocenters. The number of carbonyl (C=O) groups is 1. The number of anilines is 1. The van der Waals surface area contributed by atoms with E-state index in [1.54, 1.807) is 12.1 Å². The first-order valence-corrected chi connectivity index (χ1v) is 6.01. The quantitative estimate of drug-likeness (QED) is 0.525. The minimum absolute atomic E-state index is 0.373. The molecule has 86 valence electrons. The number of benzene rings is 1. The van der Waals surface area contributed by atoms with E-state index in [4.69, 9.17) is 5.73 Å². The van der Waals surface area contributed by atoms with E-state index in [9.17, 15) is 4.79 Å². The molecule has 0 saturated carbocycles. The Morgan fingerprint density at radius 2 is 2.31 bits per heavy atom. The van der Waals surface area contributed by atoms with E-state index in [1.807, 2.05) is 18.2 Å². The molecule has 1 aromatic carbocycles. The smallest absolute Gasteiger partial charge is 0.337 e. The van der Waals surface area contributed by atoms with E-state index < -0.39 is 0 Å².